The van der Waals surface area contributed by atoms with Crippen LogP contribution in [0.4, 0.5) is 5.95 Å². The van der Waals surface area contributed by atoms with Crippen molar-refractivity contribution in [3.05, 3.63) is 11.6 Å². The highest BCUT2D eigenvalue weighted by atomic mass is 16.5. The van der Waals surface area contributed by atoms with E-state index in [-0.39, 0.29) is 5.95 Å². The van der Waals surface area contributed by atoms with Crippen molar-refractivity contribution in [2.75, 3.05) is 18.9 Å². The smallest absolute Gasteiger partial charge is 0.239 e. The Morgan fingerprint density at radius 3 is 1.77 bits per heavy atom. The van der Waals surface area contributed by atoms with Crippen LogP contribution in [0.1, 0.15) is 123 Å². The fourth-order valence-electron chi connectivity index (χ4n) is 3.73. The number of nitrogens with two attached hydrogens (primary N) is 1. The van der Waals surface area contributed by atoms with E-state index in [1.165, 1.54) is 96.3 Å². The molecule has 0 aliphatic carbocycles. The van der Waals surface area contributed by atoms with Crippen LogP contribution in [0.3, 0.4) is 0 Å². The van der Waals surface area contributed by atoms with Gasteiger partial charge in [0.1, 0.15) is 0 Å². The molecule has 0 spiro atoms. The van der Waals surface area contributed by atoms with Crippen molar-refractivity contribution in [2.24, 2.45) is 4.99 Å². The van der Waals surface area contributed by atoms with E-state index in [4.69, 9.17) is 10.5 Å². The lowest BCUT2D eigenvalue weighted by Crippen LogP contribution is -2.24. The minimum Gasteiger partial charge on any atom is -0.477 e. The van der Waals surface area contributed by atoms with E-state index in [9.17, 15) is 5.21 Å². The second kappa shape index (κ2) is 19.0. The van der Waals surface area contributed by atoms with Crippen LogP contribution in [0.2, 0.25) is 0 Å². The summed E-state index contributed by atoms with van der Waals surface area (Å²) in [5.41, 5.74) is 6.12. The van der Waals surface area contributed by atoms with Gasteiger partial charge in [-0.05, 0) is 12.8 Å². The molecule has 6 heteroatoms. The topological polar surface area (TPSA) is 85.7 Å². The zero-order valence-corrected chi connectivity index (χ0v) is 20.3. The summed E-state index contributed by atoms with van der Waals surface area (Å²) in [6.07, 6.45) is 22.5. The Balaban J connectivity index is 2.00. The Kier molecular flexibility index (Phi) is 16.7. The van der Waals surface area contributed by atoms with E-state index in [0.29, 0.717) is 24.5 Å². The van der Waals surface area contributed by atoms with Crippen LogP contribution in [-0.2, 0) is 0 Å². The Morgan fingerprint density at radius 2 is 1.29 bits per heavy atom. The maximum absolute atomic E-state index is 9.96. The van der Waals surface area contributed by atoms with E-state index in [1.54, 1.807) is 6.07 Å². The van der Waals surface area contributed by atoms with E-state index in [0.717, 1.165) is 17.6 Å². The summed E-state index contributed by atoms with van der Waals surface area (Å²) in [5.74, 6) is 0.412. The molecular formula is C25H48N4O2. The zero-order valence-electron chi connectivity index (χ0n) is 20.3. The van der Waals surface area contributed by atoms with Crippen molar-refractivity contribution in [2.45, 2.75) is 123 Å². The number of ether oxygens (including phenoxy) is 1. The van der Waals surface area contributed by atoms with Gasteiger partial charge in [-0.3, -0.25) is 4.99 Å². The summed E-state index contributed by atoms with van der Waals surface area (Å²) in [5, 5.41) is 9.96. The molecule has 0 amide bonds. The highest BCUT2D eigenvalue weighted by molar-refractivity contribution is 5.21. The first-order valence-corrected chi connectivity index (χ1v) is 12.9. The van der Waals surface area contributed by atoms with Gasteiger partial charge >= 0.3 is 0 Å². The first kappa shape index (κ1) is 27.3. The van der Waals surface area contributed by atoms with E-state index in [2.05, 4.69) is 16.9 Å². The lowest BCUT2D eigenvalue weighted by atomic mass is 10.0. The van der Waals surface area contributed by atoms with E-state index >= 15 is 0 Å². The largest absolute Gasteiger partial charge is 0.477 e. The Bertz CT molecular complexity index is 616. The van der Waals surface area contributed by atoms with Gasteiger partial charge < -0.3 is 15.7 Å². The first-order chi connectivity index (χ1) is 15.2. The first-order valence-electron chi connectivity index (χ1n) is 12.9. The molecule has 0 aromatic carbocycles. The van der Waals surface area contributed by atoms with Gasteiger partial charge in [-0.1, -0.05) is 110 Å². The summed E-state index contributed by atoms with van der Waals surface area (Å²) in [7, 11) is 0. The predicted octanol–water partition coefficient (Wildman–Crippen LogP) is 6.65. The molecule has 0 radical (unpaired) electrons. The molecule has 0 aliphatic heterocycles. The van der Waals surface area contributed by atoms with Gasteiger partial charge in [0.05, 0.1) is 6.61 Å². The van der Waals surface area contributed by atoms with Gasteiger partial charge in [-0.25, -0.2) is 0 Å². The number of nitrogen functional groups attached to an aromatic ring is 1. The molecule has 1 rings (SSSR count). The zero-order chi connectivity index (χ0) is 22.6. The molecule has 0 saturated carbocycles. The molecule has 0 unspecified atom stereocenters. The summed E-state index contributed by atoms with van der Waals surface area (Å²) in [6, 6.07) is 1.64. The molecular weight excluding hydrogens is 388 g/mol. The lowest BCUT2D eigenvalue weighted by molar-refractivity contribution is 0.172. The predicted molar refractivity (Wildman–Crippen MR) is 130 cm³/mol. The quantitative estimate of drug-likeness (QED) is 0.177. The third-order valence-electron chi connectivity index (χ3n) is 5.65. The summed E-state index contributed by atoms with van der Waals surface area (Å²) in [4.78, 5) is 8.46. The number of anilines is 1. The molecule has 0 bridgehead atoms. The molecule has 0 saturated heterocycles. The molecule has 6 nitrogen and oxygen atoms in total. The molecule has 0 atom stereocenters. The van der Waals surface area contributed by atoms with Gasteiger partial charge in [-0.2, -0.15) is 4.98 Å². The van der Waals surface area contributed by atoms with Crippen LogP contribution in [0, 0.1) is 0 Å². The standard InChI is InChI=1S/C25H48N4O2/c1-3-5-6-7-8-9-10-11-12-13-14-15-16-17-18-19-20-27-23-22-24(31-21-4-2)28-25(26)29(23)30/h22,30H,3-21H2,1-2H3,(H2,26,28). The summed E-state index contributed by atoms with van der Waals surface area (Å²) in [6.45, 7) is 5.55. The molecule has 3 N–H and O–H groups in total. The molecule has 31 heavy (non-hydrogen) atoms. The third kappa shape index (κ3) is 14.1. The molecule has 1 aromatic heterocycles. The fraction of sp³-hybridized carbons (Fsp3) is 0.840. The number of nitrogens with zero attached hydrogens (tertiary/aromatic N) is 3. The molecule has 1 heterocycles. The van der Waals surface area contributed by atoms with Crippen molar-refractivity contribution >= 4 is 5.95 Å². The number of unbranched alkanes of at least 4 members (excludes halogenated alkanes) is 15. The van der Waals surface area contributed by atoms with Crippen LogP contribution in [-0.4, -0.2) is 28.1 Å². The van der Waals surface area contributed by atoms with Crippen molar-refractivity contribution in [3.63, 3.8) is 0 Å². The van der Waals surface area contributed by atoms with Gasteiger partial charge in [-0.15, -0.1) is 4.73 Å². The van der Waals surface area contributed by atoms with Crippen LogP contribution < -0.4 is 16.0 Å². The Hall–Kier alpha value is -1.72. The van der Waals surface area contributed by atoms with Gasteiger partial charge in [0.25, 0.3) is 0 Å². The maximum atomic E-state index is 9.96. The minimum atomic E-state index is -0.000623. The highest BCUT2D eigenvalue weighted by Gasteiger charge is 2.04. The van der Waals surface area contributed by atoms with Gasteiger partial charge in [0, 0.05) is 12.6 Å². The SMILES string of the molecule is CCCCCCCCCCCCCCCCCCN=c1cc(OCCC)nc(N)n1O. The van der Waals surface area contributed by atoms with Gasteiger partial charge in [0.2, 0.25) is 11.8 Å². The van der Waals surface area contributed by atoms with Crippen LogP contribution in [0.5, 0.6) is 5.88 Å². The monoisotopic (exact) mass is 436 g/mol. The lowest BCUT2D eigenvalue weighted by Gasteiger charge is -2.07. The minimum absolute atomic E-state index is 0.000623. The number of hydrogen-bond acceptors (Lipinski definition) is 5. The fourth-order valence-corrected chi connectivity index (χ4v) is 3.73. The summed E-state index contributed by atoms with van der Waals surface area (Å²) >= 11 is 0. The van der Waals surface area contributed by atoms with Crippen molar-refractivity contribution in [3.8, 4) is 5.88 Å². The Morgan fingerprint density at radius 1 is 0.806 bits per heavy atom. The van der Waals surface area contributed by atoms with Crippen LogP contribution >= 0.6 is 0 Å². The third-order valence-corrected chi connectivity index (χ3v) is 5.65. The molecule has 0 fully saturated rings. The van der Waals surface area contributed by atoms with Crippen molar-refractivity contribution in [1.29, 1.82) is 0 Å². The molecule has 180 valence electrons. The van der Waals surface area contributed by atoms with E-state index < -0.39 is 0 Å². The van der Waals surface area contributed by atoms with Crippen molar-refractivity contribution in [1.82, 2.24) is 9.71 Å². The number of hydrogen-bond donors (Lipinski definition) is 2. The molecule has 0 aliphatic rings. The summed E-state index contributed by atoms with van der Waals surface area (Å²) < 4.78 is 6.32. The highest BCUT2D eigenvalue weighted by Crippen LogP contribution is 2.13. The second-order valence-corrected chi connectivity index (χ2v) is 8.66. The average molecular weight is 437 g/mol. The van der Waals surface area contributed by atoms with E-state index in [1.807, 2.05) is 6.92 Å². The second-order valence-electron chi connectivity index (χ2n) is 8.66. The number of rotatable bonds is 20. The maximum Gasteiger partial charge on any atom is 0.239 e. The normalized spacial score (nSPS) is 11.9. The Labute approximate surface area is 190 Å². The number of aromatic nitrogens is 2. The van der Waals surface area contributed by atoms with Crippen molar-refractivity contribution < 1.29 is 9.94 Å². The average Bonchev–Trinajstić information content (AvgIpc) is 2.77. The van der Waals surface area contributed by atoms with Crippen LogP contribution in [0.15, 0.2) is 11.1 Å². The van der Waals surface area contributed by atoms with Gasteiger partial charge in [0.15, 0.2) is 5.49 Å². The molecule has 1 aromatic rings. The van der Waals surface area contributed by atoms with Crippen LogP contribution in [0.25, 0.3) is 0 Å².